The lowest BCUT2D eigenvalue weighted by Crippen LogP contribution is -2.50. The van der Waals surface area contributed by atoms with Crippen molar-refractivity contribution in [2.24, 2.45) is 0 Å². The number of benzene rings is 2. The highest BCUT2D eigenvalue weighted by molar-refractivity contribution is 5.85. The average Bonchev–Trinajstić information content (AvgIpc) is 2.55. The summed E-state index contributed by atoms with van der Waals surface area (Å²) in [6.45, 7) is 4.11. The first kappa shape index (κ1) is 14.6. The van der Waals surface area contributed by atoms with Gasteiger partial charge < -0.3 is 9.80 Å². The van der Waals surface area contributed by atoms with Gasteiger partial charge >= 0.3 is 0 Å². The Balaban J connectivity index is 1.65. The van der Waals surface area contributed by atoms with Crippen LogP contribution < -0.4 is 0 Å². The minimum Gasteiger partial charge on any atom is -0.339 e. The van der Waals surface area contributed by atoms with Gasteiger partial charge in [-0.3, -0.25) is 9.59 Å². The van der Waals surface area contributed by atoms with Crippen molar-refractivity contribution < 1.29 is 9.59 Å². The molecule has 0 unspecified atom stereocenters. The first-order valence-corrected chi connectivity index (χ1v) is 7.64. The van der Waals surface area contributed by atoms with Gasteiger partial charge in [0.2, 0.25) is 11.8 Å². The Morgan fingerprint density at radius 2 is 1.55 bits per heavy atom. The van der Waals surface area contributed by atoms with Gasteiger partial charge in [-0.25, -0.2) is 0 Å². The van der Waals surface area contributed by atoms with Crippen LogP contribution in [0.1, 0.15) is 12.5 Å². The van der Waals surface area contributed by atoms with E-state index in [1.54, 1.807) is 11.8 Å². The highest BCUT2D eigenvalue weighted by Crippen LogP contribution is 2.16. The molecular formula is C18H20N2O2. The van der Waals surface area contributed by atoms with Crippen LogP contribution in [0.25, 0.3) is 10.8 Å². The van der Waals surface area contributed by atoms with E-state index in [1.165, 1.54) is 5.39 Å². The van der Waals surface area contributed by atoms with E-state index in [9.17, 15) is 9.59 Å². The molecule has 0 N–H and O–H groups in total. The second kappa shape index (κ2) is 6.18. The van der Waals surface area contributed by atoms with Crippen LogP contribution in [-0.4, -0.2) is 47.8 Å². The molecule has 1 aliphatic rings. The summed E-state index contributed by atoms with van der Waals surface area (Å²) in [5, 5.41) is 2.35. The summed E-state index contributed by atoms with van der Waals surface area (Å²) in [6.07, 6.45) is 0.422. The van der Waals surface area contributed by atoms with Crippen LogP contribution in [-0.2, 0) is 16.0 Å². The smallest absolute Gasteiger partial charge is 0.227 e. The molecule has 1 aliphatic heterocycles. The minimum atomic E-state index is 0.0848. The molecule has 0 radical (unpaired) electrons. The first-order valence-electron chi connectivity index (χ1n) is 7.64. The van der Waals surface area contributed by atoms with Crippen molar-refractivity contribution >= 4 is 22.6 Å². The number of rotatable bonds is 2. The molecule has 1 heterocycles. The lowest BCUT2D eigenvalue weighted by molar-refractivity contribution is -0.138. The summed E-state index contributed by atoms with van der Waals surface area (Å²) >= 11 is 0. The van der Waals surface area contributed by atoms with Crippen molar-refractivity contribution in [3.8, 4) is 0 Å². The standard InChI is InChI=1S/C18H20N2O2/c1-14(21)19-8-10-20(11-9-19)18(22)13-15-6-7-16-4-2-3-5-17(16)12-15/h2-7,12H,8-11,13H2,1H3. The largest absolute Gasteiger partial charge is 0.339 e. The van der Waals surface area contributed by atoms with E-state index in [-0.39, 0.29) is 11.8 Å². The molecule has 0 spiro atoms. The molecule has 2 aromatic rings. The molecule has 4 nitrogen and oxygen atoms in total. The van der Waals surface area contributed by atoms with Gasteiger partial charge in [0, 0.05) is 33.1 Å². The number of piperazine rings is 1. The fourth-order valence-corrected chi connectivity index (χ4v) is 2.91. The third-order valence-electron chi connectivity index (χ3n) is 4.25. The molecule has 0 saturated carbocycles. The number of fused-ring (bicyclic) bond motifs is 1. The topological polar surface area (TPSA) is 40.6 Å². The van der Waals surface area contributed by atoms with Gasteiger partial charge in [-0.2, -0.15) is 0 Å². The van der Waals surface area contributed by atoms with E-state index >= 15 is 0 Å². The van der Waals surface area contributed by atoms with Crippen LogP contribution in [0.2, 0.25) is 0 Å². The number of carbonyl (C=O) groups excluding carboxylic acids is 2. The van der Waals surface area contributed by atoms with Gasteiger partial charge in [-0.1, -0.05) is 42.5 Å². The quantitative estimate of drug-likeness (QED) is 0.851. The Morgan fingerprint density at radius 3 is 2.23 bits per heavy atom. The zero-order chi connectivity index (χ0) is 15.5. The summed E-state index contributed by atoms with van der Waals surface area (Å²) in [5.74, 6) is 0.222. The van der Waals surface area contributed by atoms with Gasteiger partial charge in [0.15, 0.2) is 0 Å². The second-order valence-electron chi connectivity index (χ2n) is 5.75. The molecule has 0 bridgehead atoms. The van der Waals surface area contributed by atoms with E-state index in [0.717, 1.165) is 10.9 Å². The van der Waals surface area contributed by atoms with Crippen LogP contribution in [0.3, 0.4) is 0 Å². The average molecular weight is 296 g/mol. The fourth-order valence-electron chi connectivity index (χ4n) is 2.91. The number of hydrogen-bond donors (Lipinski definition) is 0. The Morgan fingerprint density at radius 1 is 0.909 bits per heavy atom. The molecule has 4 heteroatoms. The van der Waals surface area contributed by atoms with E-state index in [4.69, 9.17) is 0 Å². The van der Waals surface area contributed by atoms with Gasteiger partial charge in [-0.15, -0.1) is 0 Å². The van der Waals surface area contributed by atoms with Crippen molar-refractivity contribution in [2.45, 2.75) is 13.3 Å². The van der Waals surface area contributed by atoms with Crippen LogP contribution in [0.15, 0.2) is 42.5 Å². The number of hydrogen-bond acceptors (Lipinski definition) is 2. The number of amides is 2. The zero-order valence-corrected chi connectivity index (χ0v) is 12.8. The summed E-state index contributed by atoms with van der Waals surface area (Å²) in [4.78, 5) is 27.4. The Hall–Kier alpha value is -2.36. The normalized spacial score (nSPS) is 15.1. The lowest BCUT2D eigenvalue weighted by atomic mass is 10.0. The van der Waals surface area contributed by atoms with E-state index in [0.29, 0.717) is 32.6 Å². The lowest BCUT2D eigenvalue weighted by Gasteiger charge is -2.34. The van der Waals surface area contributed by atoms with Crippen molar-refractivity contribution in [1.29, 1.82) is 0 Å². The maximum absolute atomic E-state index is 12.4. The summed E-state index contributed by atoms with van der Waals surface area (Å²) in [7, 11) is 0. The molecule has 2 amide bonds. The van der Waals surface area contributed by atoms with E-state index < -0.39 is 0 Å². The fraction of sp³-hybridized carbons (Fsp3) is 0.333. The Kier molecular flexibility index (Phi) is 4.09. The van der Waals surface area contributed by atoms with Gasteiger partial charge in [0.25, 0.3) is 0 Å². The predicted octanol–water partition coefficient (Wildman–Crippen LogP) is 2.07. The molecule has 0 atom stereocenters. The summed E-state index contributed by atoms with van der Waals surface area (Å²) in [6, 6.07) is 14.3. The van der Waals surface area contributed by atoms with E-state index in [2.05, 4.69) is 24.3 Å². The Labute approximate surface area is 130 Å². The summed E-state index contributed by atoms with van der Waals surface area (Å²) in [5.41, 5.74) is 1.04. The van der Waals surface area contributed by atoms with E-state index in [1.807, 2.05) is 23.1 Å². The van der Waals surface area contributed by atoms with Gasteiger partial charge in [0.05, 0.1) is 6.42 Å². The van der Waals surface area contributed by atoms with Crippen LogP contribution in [0.5, 0.6) is 0 Å². The summed E-state index contributed by atoms with van der Waals surface area (Å²) < 4.78 is 0. The molecular weight excluding hydrogens is 276 g/mol. The molecule has 3 rings (SSSR count). The number of nitrogens with zero attached hydrogens (tertiary/aromatic N) is 2. The third-order valence-corrected chi connectivity index (χ3v) is 4.25. The zero-order valence-electron chi connectivity index (χ0n) is 12.8. The third kappa shape index (κ3) is 3.11. The first-order chi connectivity index (χ1) is 10.6. The Bertz CT molecular complexity index is 703. The number of carbonyl (C=O) groups is 2. The van der Waals surface area contributed by atoms with Crippen LogP contribution in [0, 0.1) is 0 Å². The van der Waals surface area contributed by atoms with Crippen molar-refractivity contribution in [2.75, 3.05) is 26.2 Å². The predicted molar refractivity (Wildman–Crippen MR) is 86.5 cm³/mol. The minimum absolute atomic E-state index is 0.0848. The SMILES string of the molecule is CC(=O)N1CCN(C(=O)Cc2ccc3ccccc3c2)CC1. The maximum Gasteiger partial charge on any atom is 0.227 e. The maximum atomic E-state index is 12.4. The molecule has 1 fully saturated rings. The molecule has 114 valence electrons. The van der Waals surface area contributed by atoms with Crippen molar-refractivity contribution in [3.05, 3.63) is 48.0 Å². The highest BCUT2D eigenvalue weighted by atomic mass is 16.2. The van der Waals surface area contributed by atoms with Gasteiger partial charge in [0.1, 0.15) is 0 Å². The molecule has 1 saturated heterocycles. The second-order valence-corrected chi connectivity index (χ2v) is 5.75. The van der Waals surface area contributed by atoms with Crippen molar-refractivity contribution in [3.63, 3.8) is 0 Å². The van der Waals surface area contributed by atoms with Crippen molar-refractivity contribution in [1.82, 2.24) is 9.80 Å². The molecule has 2 aromatic carbocycles. The van der Waals surface area contributed by atoms with Gasteiger partial charge in [-0.05, 0) is 16.3 Å². The molecule has 0 aliphatic carbocycles. The highest BCUT2D eigenvalue weighted by Gasteiger charge is 2.22. The molecule has 0 aromatic heterocycles. The van der Waals surface area contributed by atoms with Crippen LogP contribution >= 0.6 is 0 Å². The van der Waals surface area contributed by atoms with Crippen LogP contribution in [0.4, 0.5) is 0 Å². The monoisotopic (exact) mass is 296 g/mol. The molecule has 22 heavy (non-hydrogen) atoms.